The molecule has 0 radical (unpaired) electrons. The SMILES string of the molecule is CC(=O)NC(C)c1ccc(-c2csc(NC(=O)c3ccc(C)o3)n2)cc1. The molecule has 1 unspecified atom stereocenters. The van der Waals surface area contributed by atoms with E-state index < -0.39 is 0 Å². The van der Waals surface area contributed by atoms with Crippen LogP contribution in [0, 0.1) is 6.92 Å². The number of carbonyl (C=O) groups is 2. The van der Waals surface area contributed by atoms with Crippen molar-refractivity contribution in [3.63, 3.8) is 0 Å². The molecule has 3 rings (SSSR count). The van der Waals surface area contributed by atoms with Gasteiger partial charge >= 0.3 is 0 Å². The van der Waals surface area contributed by atoms with Gasteiger partial charge in [-0.15, -0.1) is 11.3 Å². The lowest BCUT2D eigenvalue weighted by atomic mass is 10.1. The average molecular weight is 369 g/mol. The van der Waals surface area contributed by atoms with Crippen molar-refractivity contribution in [2.75, 3.05) is 5.32 Å². The Morgan fingerprint density at radius 3 is 2.50 bits per heavy atom. The Labute approximate surface area is 155 Å². The first kappa shape index (κ1) is 17.9. The zero-order valence-electron chi connectivity index (χ0n) is 14.7. The van der Waals surface area contributed by atoms with Gasteiger partial charge in [-0.25, -0.2) is 4.98 Å². The van der Waals surface area contributed by atoms with Crippen molar-refractivity contribution >= 4 is 28.3 Å². The zero-order valence-corrected chi connectivity index (χ0v) is 15.5. The van der Waals surface area contributed by atoms with E-state index in [1.807, 2.05) is 36.6 Å². The van der Waals surface area contributed by atoms with Crippen LogP contribution in [0.1, 0.15) is 41.8 Å². The Hall–Kier alpha value is -2.93. The highest BCUT2D eigenvalue weighted by Gasteiger charge is 2.13. The van der Waals surface area contributed by atoms with Crippen LogP contribution in [0.2, 0.25) is 0 Å². The lowest BCUT2D eigenvalue weighted by Crippen LogP contribution is -2.23. The maximum Gasteiger partial charge on any atom is 0.293 e. The molecule has 2 amide bonds. The van der Waals surface area contributed by atoms with Crippen LogP contribution < -0.4 is 10.6 Å². The van der Waals surface area contributed by atoms with E-state index in [2.05, 4.69) is 15.6 Å². The Morgan fingerprint density at radius 2 is 1.88 bits per heavy atom. The number of benzene rings is 1. The predicted molar refractivity (Wildman–Crippen MR) is 101 cm³/mol. The molecule has 26 heavy (non-hydrogen) atoms. The number of hydrogen-bond donors (Lipinski definition) is 2. The Balaban J connectivity index is 1.69. The molecule has 7 heteroatoms. The molecule has 2 N–H and O–H groups in total. The van der Waals surface area contributed by atoms with Gasteiger partial charge in [0.1, 0.15) is 5.76 Å². The number of hydrogen-bond acceptors (Lipinski definition) is 5. The average Bonchev–Trinajstić information content (AvgIpc) is 3.23. The first-order valence-corrected chi connectivity index (χ1v) is 9.01. The minimum atomic E-state index is -0.321. The van der Waals surface area contributed by atoms with Crippen molar-refractivity contribution in [1.29, 1.82) is 0 Å². The third-order valence-electron chi connectivity index (χ3n) is 3.82. The van der Waals surface area contributed by atoms with E-state index in [1.54, 1.807) is 19.1 Å². The third kappa shape index (κ3) is 4.18. The number of carbonyl (C=O) groups excluding carboxylic acids is 2. The normalized spacial score (nSPS) is 11.8. The van der Waals surface area contributed by atoms with Crippen LogP contribution in [0.15, 0.2) is 46.2 Å². The summed E-state index contributed by atoms with van der Waals surface area (Å²) in [7, 11) is 0. The molecular formula is C19H19N3O3S. The Morgan fingerprint density at radius 1 is 1.15 bits per heavy atom. The minimum Gasteiger partial charge on any atom is -0.456 e. The van der Waals surface area contributed by atoms with Crippen molar-refractivity contribution < 1.29 is 14.0 Å². The number of nitrogens with zero attached hydrogens (tertiary/aromatic N) is 1. The summed E-state index contributed by atoms with van der Waals surface area (Å²) in [6.45, 7) is 5.22. The largest absolute Gasteiger partial charge is 0.456 e. The quantitative estimate of drug-likeness (QED) is 0.707. The number of rotatable bonds is 5. The fraction of sp³-hybridized carbons (Fsp3) is 0.211. The molecule has 6 nitrogen and oxygen atoms in total. The lowest BCUT2D eigenvalue weighted by molar-refractivity contribution is -0.119. The first-order valence-electron chi connectivity index (χ1n) is 8.13. The molecule has 3 aromatic rings. The van der Waals surface area contributed by atoms with Crippen molar-refractivity contribution in [2.24, 2.45) is 0 Å². The van der Waals surface area contributed by atoms with Crippen molar-refractivity contribution in [1.82, 2.24) is 10.3 Å². The minimum absolute atomic E-state index is 0.0522. The molecule has 1 aromatic carbocycles. The van der Waals surface area contributed by atoms with Gasteiger partial charge in [-0.05, 0) is 31.5 Å². The second-order valence-corrected chi connectivity index (χ2v) is 6.80. The second-order valence-electron chi connectivity index (χ2n) is 5.95. The van der Waals surface area contributed by atoms with E-state index in [-0.39, 0.29) is 23.6 Å². The summed E-state index contributed by atoms with van der Waals surface area (Å²) in [4.78, 5) is 27.7. The van der Waals surface area contributed by atoms with E-state index in [4.69, 9.17) is 4.42 Å². The molecule has 0 bridgehead atoms. The van der Waals surface area contributed by atoms with Crippen LogP contribution in [-0.2, 0) is 4.79 Å². The number of aromatic nitrogens is 1. The van der Waals surface area contributed by atoms with Gasteiger partial charge < -0.3 is 9.73 Å². The van der Waals surface area contributed by atoms with Gasteiger partial charge in [0.05, 0.1) is 11.7 Å². The molecular weight excluding hydrogens is 350 g/mol. The molecule has 0 aliphatic carbocycles. The molecule has 0 aliphatic rings. The standard InChI is InChI=1S/C19H19N3O3S/c1-11-4-9-17(25-11)18(24)22-19-21-16(10-26-19)15-7-5-14(6-8-15)12(2)20-13(3)23/h4-10,12H,1-3H3,(H,20,23)(H,21,22,24). The van der Waals surface area contributed by atoms with Crippen LogP contribution in [0.4, 0.5) is 5.13 Å². The maximum atomic E-state index is 12.1. The summed E-state index contributed by atoms with van der Waals surface area (Å²) in [5.41, 5.74) is 2.73. The van der Waals surface area contributed by atoms with Crippen molar-refractivity contribution in [2.45, 2.75) is 26.8 Å². The van der Waals surface area contributed by atoms with Crippen LogP contribution >= 0.6 is 11.3 Å². The smallest absolute Gasteiger partial charge is 0.293 e. The summed E-state index contributed by atoms with van der Waals surface area (Å²) in [6.07, 6.45) is 0. The highest BCUT2D eigenvalue weighted by Crippen LogP contribution is 2.26. The number of amides is 2. The van der Waals surface area contributed by atoms with Crippen LogP contribution in [0.25, 0.3) is 11.3 Å². The summed E-state index contributed by atoms with van der Waals surface area (Å²) >= 11 is 1.35. The van der Waals surface area contributed by atoms with Crippen LogP contribution in [-0.4, -0.2) is 16.8 Å². The van der Waals surface area contributed by atoms with Gasteiger partial charge in [0, 0.05) is 17.9 Å². The van der Waals surface area contributed by atoms with Gasteiger partial charge in [0.15, 0.2) is 10.9 Å². The summed E-state index contributed by atoms with van der Waals surface area (Å²) < 4.78 is 5.31. The molecule has 2 aromatic heterocycles. The van der Waals surface area contributed by atoms with Crippen LogP contribution in [0.5, 0.6) is 0 Å². The van der Waals surface area contributed by atoms with Crippen molar-refractivity contribution in [3.8, 4) is 11.3 Å². The fourth-order valence-corrected chi connectivity index (χ4v) is 3.22. The number of anilines is 1. The molecule has 0 fully saturated rings. The Bertz CT molecular complexity index is 928. The fourth-order valence-electron chi connectivity index (χ4n) is 2.51. The summed E-state index contributed by atoms with van der Waals surface area (Å²) in [5.74, 6) is 0.561. The van der Waals surface area contributed by atoms with Gasteiger partial charge in [-0.2, -0.15) is 0 Å². The van der Waals surface area contributed by atoms with Crippen LogP contribution in [0.3, 0.4) is 0 Å². The number of thiazole rings is 1. The third-order valence-corrected chi connectivity index (χ3v) is 4.57. The van der Waals surface area contributed by atoms with Gasteiger partial charge in [0.25, 0.3) is 5.91 Å². The molecule has 0 saturated heterocycles. The molecule has 1 atom stereocenters. The second kappa shape index (κ2) is 7.53. The summed E-state index contributed by atoms with van der Waals surface area (Å²) in [5, 5.41) is 7.99. The maximum absolute atomic E-state index is 12.1. The van der Waals surface area contributed by atoms with E-state index in [0.29, 0.717) is 10.9 Å². The zero-order chi connectivity index (χ0) is 18.7. The van der Waals surface area contributed by atoms with E-state index >= 15 is 0 Å². The van der Waals surface area contributed by atoms with Crippen molar-refractivity contribution in [3.05, 3.63) is 58.9 Å². The number of furan rings is 1. The molecule has 0 spiro atoms. The number of nitrogens with one attached hydrogen (secondary N) is 2. The van der Waals surface area contributed by atoms with Gasteiger partial charge in [0.2, 0.25) is 5.91 Å². The monoisotopic (exact) mass is 369 g/mol. The predicted octanol–water partition coefficient (Wildman–Crippen LogP) is 4.16. The van der Waals surface area contributed by atoms with E-state index in [1.165, 1.54) is 18.3 Å². The number of aryl methyl sites for hydroxylation is 1. The molecule has 2 heterocycles. The van der Waals surface area contributed by atoms with E-state index in [0.717, 1.165) is 16.8 Å². The molecule has 134 valence electrons. The van der Waals surface area contributed by atoms with Gasteiger partial charge in [-0.1, -0.05) is 24.3 Å². The molecule has 0 saturated carbocycles. The van der Waals surface area contributed by atoms with E-state index in [9.17, 15) is 9.59 Å². The topological polar surface area (TPSA) is 84.2 Å². The Kier molecular flexibility index (Phi) is 5.18. The highest BCUT2D eigenvalue weighted by atomic mass is 32.1. The first-order chi connectivity index (χ1) is 12.4. The highest BCUT2D eigenvalue weighted by molar-refractivity contribution is 7.14. The molecule has 0 aliphatic heterocycles. The lowest BCUT2D eigenvalue weighted by Gasteiger charge is -2.12. The van der Waals surface area contributed by atoms with Gasteiger partial charge in [-0.3, -0.25) is 14.9 Å². The summed E-state index contributed by atoms with van der Waals surface area (Å²) in [6, 6.07) is 11.1.